The van der Waals surface area contributed by atoms with Gasteiger partial charge in [0.25, 0.3) is 5.91 Å². The van der Waals surface area contributed by atoms with Gasteiger partial charge in [0, 0.05) is 5.92 Å². The minimum absolute atomic E-state index is 0.334. The van der Waals surface area contributed by atoms with Crippen molar-refractivity contribution in [1.82, 2.24) is 9.97 Å². The lowest BCUT2D eigenvalue weighted by atomic mass is 10.2. The number of carbonyl (C=O) groups excluding carboxylic acids is 1. The van der Waals surface area contributed by atoms with Crippen LogP contribution in [0.1, 0.15) is 34.9 Å². The summed E-state index contributed by atoms with van der Waals surface area (Å²) in [7, 11) is 0. The van der Waals surface area contributed by atoms with Gasteiger partial charge >= 0.3 is 0 Å². The van der Waals surface area contributed by atoms with Crippen molar-refractivity contribution in [2.45, 2.75) is 18.8 Å². The number of amides is 1. The van der Waals surface area contributed by atoms with Gasteiger partial charge in [-0.3, -0.25) is 4.79 Å². The summed E-state index contributed by atoms with van der Waals surface area (Å²) in [6.07, 6.45) is 2.15. The molecule has 0 atom stereocenters. The number of para-hydroxylation sites is 2. The lowest BCUT2D eigenvalue weighted by molar-refractivity contribution is 0.0994. The second kappa shape index (κ2) is 3.27. The molecule has 1 saturated carbocycles. The Morgan fingerprint density at radius 1 is 1.19 bits per heavy atom. The highest BCUT2D eigenvalue weighted by molar-refractivity contribution is 5.94. The molecule has 0 bridgehead atoms. The van der Waals surface area contributed by atoms with Gasteiger partial charge in [0.2, 0.25) is 0 Å². The number of rotatable bonds is 2. The molecule has 3 rings (SSSR count). The van der Waals surface area contributed by atoms with E-state index < -0.39 is 5.91 Å². The van der Waals surface area contributed by atoms with Crippen molar-refractivity contribution in [3.05, 3.63) is 35.7 Å². The smallest absolute Gasteiger partial charge is 0.269 e. The standard InChI is InChI=1S/C12H11N3O/c13-12(16)11-10(7-5-6-7)14-8-3-1-2-4-9(8)15-11/h1-4,7H,5-6H2,(H2,13,16). The van der Waals surface area contributed by atoms with E-state index in [0.29, 0.717) is 11.6 Å². The summed E-state index contributed by atoms with van der Waals surface area (Å²) in [5.74, 6) is -0.111. The van der Waals surface area contributed by atoms with Crippen LogP contribution >= 0.6 is 0 Å². The van der Waals surface area contributed by atoms with Crippen LogP contribution in [0.25, 0.3) is 11.0 Å². The van der Waals surface area contributed by atoms with E-state index in [2.05, 4.69) is 9.97 Å². The van der Waals surface area contributed by atoms with E-state index >= 15 is 0 Å². The molecule has 1 heterocycles. The highest BCUT2D eigenvalue weighted by Gasteiger charge is 2.30. The van der Waals surface area contributed by atoms with Crippen LogP contribution in [-0.4, -0.2) is 15.9 Å². The zero-order valence-corrected chi connectivity index (χ0v) is 8.68. The summed E-state index contributed by atoms with van der Waals surface area (Å²) in [5, 5.41) is 0. The lowest BCUT2D eigenvalue weighted by Gasteiger charge is -2.05. The fraction of sp³-hybridized carbons (Fsp3) is 0.250. The summed E-state index contributed by atoms with van der Waals surface area (Å²) in [4.78, 5) is 20.1. The minimum Gasteiger partial charge on any atom is -0.364 e. The third kappa shape index (κ3) is 1.43. The lowest BCUT2D eigenvalue weighted by Crippen LogP contribution is -2.17. The highest BCUT2D eigenvalue weighted by Crippen LogP contribution is 2.40. The predicted molar refractivity (Wildman–Crippen MR) is 60.0 cm³/mol. The molecule has 0 spiro atoms. The molecule has 80 valence electrons. The van der Waals surface area contributed by atoms with Gasteiger partial charge < -0.3 is 5.73 Å². The normalized spacial score (nSPS) is 15.2. The average Bonchev–Trinajstić information content (AvgIpc) is 3.11. The third-order valence-corrected chi connectivity index (χ3v) is 2.79. The van der Waals surface area contributed by atoms with Gasteiger partial charge in [0.05, 0.1) is 16.7 Å². The maximum Gasteiger partial charge on any atom is 0.269 e. The first-order chi connectivity index (χ1) is 7.75. The number of aromatic nitrogens is 2. The number of fused-ring (bicyclic) bond motifs is 1. The van der Waals surface area contributed by atoms with Crippen LogP contribution < -0.4 is 5.73 Å². The SMILES string of the molecule is NC(=O)c1nc2ccccc2nc1C1CC1. The molecule has 16 heavy (non-hydrogen) atoms. The first-order valence-electron chi connectivity index (χ1n) is 5.32. The van der Waals surface area contributed by atoms with Gasteiger partial charge in [-0.1, -0.05) is 12.1 Å². The Labute approximate surface area is 92.5 Å². The molecule has 1 amide bonds. The van der Waals surface area contributed by atoms with Crippen LogP contribution in [0.5, 0.6) is 0 Å². The van der Waals surface area contributed by atoms with Gasteiger partial charge in [-0.25, -0.2) is 9.97 Å². The topological polar surface area (TPSA) is 68.9 Å². The minimum atomic E-state index is -0.486. The number of hydrogen-bond donors (Lipinski definition) is 1. The van der Waals surface area contributed by atoms with E-state index in [-0.39, 0.29) is 0 Å². The molecule has 0 saturated heterocycles. The molecule has 4 heteroatoms. The third-order valence-electron chi connectivity index (χ3n) is 2.79. The van der Waals surface area contributed by atoms with Crippen molar-refractivity contribution in [2.75, 3.05) is 0 Å². The molecule has 1 fully saturated rings. The Morgan fingerprint density at radius 2 is 1.81 bits per heavy atom. The summed E-state index contributed by atoms with van der Waals surface area (Å²) >= 11 is 0. The monoisotopic (exact) mass is 213 g/mol. The van der Waals surface area contributed by atoms with Crippen molar-refractivity contribution < 1.29 is 4.79 Å². The molecule has 0 radical (unpaired) electrons. The molecule has 2 aromatic rings. The Morgan fingerprint density at radius 3 is 2.38 bits per heavy atom. The zero-order valence-electron chi connectivity index (χ0n) is 8.68. The maximum atomic E-state index is 11.3. The number of primary amides is 1. The summed E-state index contributed by atoms with van der Waals surface area (Å²) < 4.78 is 0. The Balaban J connectivity index is 2.28. The Bertz CT molecular complexity index is 575. The Kier molecular flexibility index (Phi) is 1.89. The van der Waals surface area contributed by atoms with E-state index in [0.717, 1.165) is 29.6 Å². The second-order valence-corrected chi connectivity index (χ2v) is 4.08. The molecular formula is C12H11N3O. The number of nitrogens with two attached hydrogens (primary N) is 1. The molecule has 4 nitrogen and oxygen atoms in total. The number of nitrogens with zero attached hydrogens (tertiary/aromatic N) is 2. The quantitative estimate of drug-likeness (QED) is 0.823. The molecular weight excluding hydrogens is 202 g/mol. The van der Waals surface area contributed by atoms with E-state index in [4.69, 9.17) is 5.73 Å². The van der Waals surface area contributed by atoms with E-state index in [9.17, 15) is 4.79 Å². The average molecular weight is 213 g/mol. The predicted octanol–water partition coefficient (Wildman–Crippen LogP) is 1.61. The van der Waals surface area contributed by atoms with Crippen LogP contribution in [0.2, 0.25) is 0 Å². The zero-order chi connectivity index (χ0) is 11.1. The molecule has 1 aliphatic carbocycles. The van der Waals surface area contributed by atoms with Crippen molar-refractivity contribution in [3.63, 3.8) is 0 Å². The van der Waals surface area contributed by atoms with Crippen molar-refractivity contribution in [1.29, 1.82) is 0 Å². The van der Waals surface area contributed by atoms with E-state index in [1.807, 2.05) is 24.3 Å². The highest BCUT2D eigenvalue weighted by atomic mass is 16.1. The van der Waals surface area contributed by atoms with Gasteiger partial charge in [0.15, 0.2) is 0 Å². The fourth-order valence-electron chi connectivity index (χ4n) is 1.84. The van der Waals surface area contributed by atoms with Gasteiger partial charge in [-0.15, -0.1) is 0 Å². The van der Waals surface area contributed by atoms with Gasteiger partial charge in [-0.05, 0) is 25.0 Å². The van der Waals surface area contributed by atoms with Crippen molar-refractivity contribution in [2.24, 2.45) is 5.73 Å². The van der Waals surface area contributed by atoms with Crippen LogP contribution in [0.4, 0.5) is 0 Å². The second-order valence-electron chi connectivity index (χ2n) is 4.08. The Hall–Kier alpha value is -1.97. The molecule has 0 aliphatic heterocycles. The van der Waals surface area contributed by atoms with E-state index in [1.165, 1.54) is 0 Å². The van der Waals surface area contributed by atoms with Gasteiger partial charge in [-0.2, -0.15) is 0 Å². The van der Waals surface area contributed by atoms with E-state index in [1.54, 1.807) is 0 Å². The molecule has 1 aromatic heterocycles. The van der Waals surface area contributed by atoms with Gasteiger partial charge in [0.1, 0.15) is 5.69 Å². The fourth-order valence-corrected chi connectivity index (χ4v) is 1.84. The first-order valence-corrected chi connectivity index (χ1v) is 5.32. The number of benzene rings is 1. The number of carbonyl (C=O) groups is 1. The summed E-state index contributed by atoms with van der Waals surface area (Å²) in [6.45, 7) is 0. The first kappa shape index (κ1) is 9.27. The molecule has 1 aliphatic rings. The molecule has 1 aromatic carbocycles. The maximum absolute atomic E-state index is 11.3. The van der Waals surface area contributed by atoms with Crippen LogP contribution in [0.15, 0.2) is 24.3 Å². The molecule has 2 N–H and O–H groups in total. The largest absolute Gasteiger partial charge is 0.364 e. The van der Waals surface area contributed by atoms with Crippen LogP contribution in [0.3, 0.4) is 0 Å². The summed E-state index contributed by atoms with van der Waals surface area (Å²) in [5.41, 5.74) is 7.98. The van der Waals surface area contributed by atoms with Crippen LogP contribution in [0, 0.1) is 0 Å². The van der Waals surface area contributed by atoms with Crippen LogP contribution in [-0.2, 0) is 0 Å². The van der Waals surface area contributed by atoms with Crippen molar-refractivity contribution >= 4 is 16.9 Å². The van der Waals surface area contributed by atoms with Crippen molar-refractivity contribution in [3.8, 4) is 0 Å². The molecule has 0 unspecified atom stereocenters. The number of hydrogen-bond acceptors (Lipinski definition) is 3. The summed E-state index contributed by atoms with van der Waals surface area (Å²) in [6, 6.07) is 7.53.